The molecule has 6 heteroatoms. The zero-order valence-corrected chi connectivity index (χ0v) is 16.6. The number of ether oxygens (including phenoxy) is 2. The van der Waals surface area contributed by atoms with Crippen LogP contribution in [0.1, 0.15) is 65.2 Å². The SMILES string of the molecule is CCCOCCCC(=O)C1CC(=NOC)CC1C(=O)CCCOCCC. The number of nitrogens with zero attached hydrogens (tertiary/aromatic N) is 1. The number of hydrogen-bond donors (Lipinski definition) is 0. The number of hydrogen-bond acceptors (Lipinski definition) is 6. The molecule has 0 radical (unpaired) electrons. The van der Waals surface area contributed by atoms with Gasteiger partial charge in [0.1, 0.15) is 18.7 Å². The lowest BCUT2D eigenvalue weighted by Gasteiger charge is -2.17. The molecule has 0 bridgehead atoms. The van der Waals surface area contributed by atoms with Crippen molar-refractivity contribution in [2.75, 3.05) is 33.5 Å². The highest BCUT2D eigenvalue weighted by molar-refractivity contribution is 6.01. The van der Waals surface area contributed by atoms with E-state index < -0.39 is 0 Å². The molecule has 1 aliphatic rings. The minimum atomic E-state index is -0.265. The molecule has 26 heavy (non-hydrogen) atoms. The molecule has 1 rings (SSSR count). The predicted octanol–water partition coefficient (Wildman–Crippen LogP) is 3.57. The Hall–Kier alpha value is -1.27. The molecule has 1 aliphatic carbocycles. The van der Waals surface area contributed by atoms with Crippen molar-refractivity contribution >= 4 is 17.3 Å². The molecule has 0 aromatic heterocycles. The van der Waals surface area contributed by atoms with E-state index in [2.05, 4.69) is 19.0 Å². The molecule has 0 aromatic carbocycles. The van der Waals surface area contributed by atoms with Crippen molar-refractivity contribution in [1.82, 2.24) is 0 Å². The van der Waals surface area contributed by atoms with Crippen LogP contribution in [0.3, 0.4) is 0 Å². The first-order valence-electron chi connectivity index (χ1n) is 9.93. The Morgan fingerprint density at radius 3 is 1.73 bits per heavy atom. The lowest BCUT2D eigenvalue weighted by molar-refractivity contribution is -0.131. The molecule has 1 fully saturated rings. The van der Waals surface area contributed by atoms with E-state index in [1.165, 1.54) is 7.11 Å². The molecule has 2 unspecified atom stereocenters. The normalized spacial score (nSPS) is 19.6. The molecular weight excluding hydrogens is 334 g/mol. The second-order valence-corrected chi connectivity index (χ2v) is 6.83. The van der Waals surface area contributed by atoms with Gasteiger partial charge in [-0.2, -0.15) is 0 Å². The average molecular weight is 370 g/mol. The fourth-order valence-electron chi connectivity index (χ4n) is 3.32. The zero-order chi connectivity index (χ0) is 19.2. The van der Waals surface area contributed by atoms with Crippen LogP contribution in [0.25, 0.3) is 0 Å². The van der Waals surface area contributed by atoms with Crippen molar-refractivity contribution in [3.63, 3.8) is 0 Å². The van der Waals surface area contributed by atoms with Gasteiger partial charge in [-0.25, -0.2) is 0 Å². The Morgan fingerprint density at radius 2 is 1.35 bits per heavy atom. The van der Waals surface area contributed by atoms with Gasteiger partial charge >= 0.3 is 0 Å². The highest BCUT2D eigenvalue weighted by Crippen LogP contribution is 2.34. The van der Waals surface area contributed by atoms with Crippen molar-refractivity contribution in [2.45, 2.75) is 65.2 Å². The van der Waals surface area contributed by atoms with Gasteiger partial charge in [-0.15, -0.1) is 0 Å². The molecule has 1 saturated carbocycles. The van der Waals surface area contributed by atoms with Crippen LogP contribution in [0, 0.1) is 11.8 Å². The quantitative estimate of drug-likeness (QED) is 0.326. The molecule has 0 aliphatic heterocycles. The molecule has 2 atom stereocenters. The maximum absolute atomic E-state index is 12.6. The maximum Gasteiger partial charge on any atom is 0.137 e. The standard InChI is InChI=1S/C20H35NO5/c1-4-10-25-12-6-8-19(22)17-14-16(21-24-3)15-18(17)20(23)9-7-13-26-11-5-2/h17-18H,4-15H2,1-3H3. The predicted molar refractivity (Wildman–Crippen MR) is 101 cm³/mol. The molecule has 0 aromatic rings. The van der Waals surface area contributed by atoms with E-state index >= 15 is 0 Å². The first-order chi connectivity index (χ1) is 12.6. The number of oxime groups is 1. The van der Waals surface area contributed by atoms with Crippen LogP contribution in [0.4, 0.5) is 0 Å². The van der Waals surface area contributed by atoms with Crippen LogP contribution in [0.2, 0.25) is 0 Å². The highest BCUT2D eigenvalue weighted by Gasteiger charge is 2.40. The van der Waals surface area contributed by atoms with Crippen molar-refractivity contribution in [3.8, 4) is 0 Å². The Morgan fingerprint density at radius 1 is 0.885 bits per heavy atom. The zero-order valence-electron chi connectivity index (χ0n) is 16.6. The summed E-state index contributed by atoms with van der Waals surface area (Å²) in [5.41, 5.74) is 0.814. The third-order valence-corrected chi connectivity index (χ3v) is 4.56. The lowest BCUT2D eigenvalue weighted by atomic mass is 9.85. The molecule has 6 nitrogen and oxygen atoms in total. The fraction of sp³-hybridized carbons (Fsp3) is 0.850. The smallest absolute Gasteiger partial charge is 0.137 e. The summed E-state index contributed by atoms with van der Waals surface area (Å²) in [6.45, 7) is 6.76. The van der Waals surface area contributed by atoms with Crippen molar-refractivity contribution < 1.29 is 23.9 Å². The molecule has 150 valence electrons. The van der Waals surface area contributed by atoms with E-state index in [0.717, 1.165) is 31.8 Å². The average Bonchev–Trinajstić information content (AvgIpc) is 3.05. The van der Waals surface area contributed by atoms with Crippen LogP contribution >= 0.6 is 0 Å². The van der Waals surface area contributed by atoms with Crippen LogP contribution < -0.4 is 0 Å². The minimum Gasteiger partial charge on any atom is -0.399 e. The summed E-state index contributed by atoms with van der Waals surface area (Å²) in [5, 5.41) is 3.99. The van der Waals surface area contributed by atoms with Crippen molar-refractivity contribution in [2.24, 2.45) is 17.0 Å². The van der Waals surface area contributed by atoms with Gasteiger partial charge in [0.15, 0.2) is 0 Å². The van der Waals surface area contributed by atoms with E-state index in [0.29, 0.717) is 51.7 Å². The monoisotopic (exact) mass is 369 g/mol. The Labute approximate surface area is 157 Å². The molecule has 0 heterocycles. The lowest BCUT2D eigenvalue weighted by Crippen LogP contribution is -2.26. The van der Waals surface area contributed by atoms with E-state index in [-0.39, 0.29) is 23.4 Å². The first kappa shape index (κ1) is 22.8. The van der Waals surface area contributed by atoms with E-state index in [9.17, 15) is 9.59 Å². The summed E-state index contributed by atoms with van der Waals surface area (Å²) in [6, 6.07) is 0. The van der Waals surface area contributed by atoms with Gasteiger partial charge in [-0.1, -0.05) is 19.0 Å². The fourth-order valence-corrected chi connectivity index (χ4v) is 3.32. The number of carbonyl (C=O) groups is 2. The van der Waals surface area contributed by atoms with Gasteiger partial charge in [0.25, 0.3) is 0 Å². The number of Topliss-reactive ketones (excluding diaryl/α,β-unsaturated/α-hetero) is 2. The van der Waals surface area contributed by atoms with Crippen LogP contribution in [0.5, 0.6) is 0 Å². The van der Waals surface area contributed by atoms with Gasteiger partial charge in [-0.3, -0.25) is 9.59 Å². The Bertz CT molecular complexity index is 413. The van der Waals surface area contributed by atoms with E-state index in [1.54, 1.807) is 0 Å². The largest absolute Gasteiger partial charge is 0.399 e. The molecule has 0 saturated heterocycles. The molecular formula is C20H35NO5. The van der Waals surface area contributed by atoms with Crippen LogP contribution in [-0.2, 0) is 23.9 Å². The highest BCUT2D eigenvalue weighted by atomic mass is 16.6. The summed E-state index contributed by atoms with van der Waals surface area (Å²) < 4.78 is 10.9. The summed E-state index contributed by atoms with van der Waals surface area (Å²) in [7, 11) is 1.50. The molecule has 0 spiro atoms. The number of ketones is 2. The van der Waals surface area contributed by atoms with E-state index in [1.807, 2.05) is 0 Å². The second kappa shape index (κ2) is 13.9. The topological polar surface area (TPSA) is 74.2 Å². The van der Waals surface area contributed by atoms with Gasteiger partial charge in [-0.05, 0) is 38.5 Å². The molecule has 0 amide bonds. The minimum absolute atomic E-state index is 0.145. The third kappa shape index (κ3) is 8.41. The summed E-state index contributed by atoms with van der Waals surface area (Å²) in [5.74, 6) is -0.239. The summed E-state index contributed by atoms with van der Waals surface area (Å²) in [6.07, 6.45) is 5.35. The van der Waals surface area contributed by atoms with Gasteiger partial charge in [0.05, 0.1) is 5.71 Å². The van der Waals surface area contributed by atoms with Crippen LogP contribution in [-0.4, -0.2) is 50.8 Å². The molecule has 0 N–H and O–H groups in total. The van der Waals surface area contributed by atoms with E-state index in [4.69, 9.17) is 14.3 Å². The number of carbonyl (C=O) groups excluding carboxylic acids is 2. The second-order valence-electron chi connectivity index (χ2n) is 6.83. The van der Waals surface area contributed by atoms with Crippen molar-refractivity contribution in [1.29, 1.82) is 0 Å². The van der Waals surface area contributed by atoms with Gasteiger partial charge in [0.2, 0.25) is 0 Å². The Kier molecular flexibility index (Phi) is 12.1. The summed E-state index contributed by atoms with van der Waals surface area (Å²) in [4.78, 5) is 30.1. The van der Waals surface area contributed by atoms with Crippen LogP contribution in [0.15, 0.2) is 5.16 Å². The van der Waals surface area contributed by atoms with Gasteiger partial charge < -0.3 is 14.3 Å². The van der Waals surface area contributed by atoms with Crippen molar-refractivity contribution in [3.05, 3.63) is 0 Å². The third-order valence-electron chi connectivity index (χ3n) is 4.56. The summed E-state index contributed by atoms with van der Waals surface area (Å²) >= 11 is 0. The Balaban J connectivity index is 2.51. The maximum atomic E-state index is 12.6. The first-order valence-corrected chi connectivity index (χ1v) is 9.93. The van der Waals surface area contributed by atoms with Gasteiger partial charge in [0, 0.05) is 51.1 Å². The number of rotatable bonds is 15.